The van der Waals surface area contributed by atoms with Crippen molar-refractivity contribution in [3.05, 3.63) is 39.9 Å². The Bertz CT molecular complexity index is 652. The number of piperidine rings is 1. The van der Waals surface area contributed by atoms with Crippen molar-refractivity contribution in [2.75, 3.05) is 26.3 Å². The van der Waals surface area contributed by atoms with E-state index in [1.54, 1.807) is 17.0 Å². The minimum Gasteiger partial charge on any atom is -0.491 e. The van der Waals surface area contributed by atoms with Gasteiger partial charge in [-0.25, -0.2) is 0 Å². The number of nitrogens with zero attached hydrogens (tertiary/aromatic N) is 2. The number of likely N-dealkylation sites (tertiary alicyclic amines) is 1. The van der Waals surface area contributed by atoms with Crippen LogP contribution >= 0.6 is 0 Å². The zero-order valence-corrected chi connectivity index (χ0v) is 17.1. The molecule has 1 aliphatic heterocycles. The van der Waals surface area contributed by atoms with E-state index in [2.05, 4.69) is 10.2 Å². The highest BCUT2D eigenvalue weighted by Gasteiger charge is 2.27. The molecule has 0 radical (unpaired) electrons. The van der Waals surface area contributed by atoms with Gasteiger partial charge in [0.25, 0.3) is 5.09 Å². The van der Waals surface area contributed by atoms with Crippen LogP contribution in [0, 0.1) is 10.1 Å². The van der Waals surface area contributed by atoms with Crippen LogP contribution in [0.2, 0.25) is 0 Å². The number of ether oxygens (including phenoxy) is 1. The van der Waals surface area contributed by atoms with Gasteiger partial charge in [0.1, 0.15) is 25.1 Å². The zero-order valence-electron chi connectivity index (χ0n) is 17.1. The van der Waals surface area contributed by atoms with Gasteiger partial charge in [0.2, 0.25) is 5.91 Å². The molecular weight excluding hydrogens is 378 g/mol. The number of carbonyl (C=O) groups is 1. The van der Waals surface area contributed by atoms with E-state index >= 15 is 0 Å². The molecule has 1 fully saturated rings. The maximum atomic E-state index is 12.7. The third-order valence-corrected chi connectivity index (χ3v) is 4.80. The summed E-state index contributed by atoms with van der Waals surface area (Å²) >= 11 is 0. The van der Waals surface area contributed by atoms with E-state index in [1.807, 2.05) is 26.0 Å². The van der Waals surface area contributed by atoms with Crippen LogP contribution in [0.3, 0.4) is 0 Å². The van der Waals surface area contributed by atoms with Gasteiger partial charge in [0.15, 0.2) is 0 Å². The number of amides is 1. The lowest BCUT2D eigenvalue weighted by molar-refractivity contribution is -0.758. The van der Waals surface area contributed by atoms with Crippen LogP contribution in [0.25, 0.3) is 0 Å². The van der Waals surface area contributed by atoms with E-state index in [9.17, 15) is 20.0 Å². The summed E-state index contributed by atoms with van der Waals surface area (Å²) in [5, 5.41) is 22.7. The second-order valence-electron chi connectivity index (χ2n) is 7.60. The smallest absolute Gasteiger partial charge is 0.294 e. The molecule has 1 amide bonds. The molecule has 2 atom stereocenters. The molecule has 2 N–H and O–H groups in total. The third-order valence-electron chi connectivity index (χ3n) is 4.80. The van der Waals surface area contributed by atoms with Crippen molar-refractivity contribution >= 4 is 5.91 Å². The molecule has 2 rings (SSSR count). The van der Waals surface area contributed by atoms with Crippen molar-refractivity contribution in [3.63, 3.8) is 0 Å². The summed E-state index contributed by atoms with van der Waals surface area (Å²) in [4.78, 5) is 29.3. The lowest BCUT2D eigenvalue weighted by atomic mass is 10.0. The van der Waals surface area contributed by atoms with E-state index in [1.165, 1.54) is 0 Å². The topological polar surface area (TPSA) is 114 Å². The average molecular weight is 409 g/mol. The minimum absolute atomic E-state index is 0.0644. The highest BCUT2D eigenvalue weighted by Crippen LogP contribution is 2.20. The van der Waals surface area contributed by atoms with Crippen molar-refractivity contribution in [1.29, 1.82) is 0 Å². The van der Waals surface area contributed by atoms with E-state index in [0.29, 0.717) is 31.3 Å². The lowest BCUT2D eigenvalue weighted by Gasteiger charge is -2.35. The molecule has 0 bridgehead atoms. The summed E-state index contributed by atoms with van der Waals surface area (Å²) in [6, 6.07) is 7.22. The summed E-state index contributed by atoms with van der Waals surface area (Å²) in [6.07, 6.45) is 2.15. The molecule has 1 aliphatic rings. The number of rotatable bonds is 11. The summed E-state index contributed by atoms with van der Waals surface area (Å²) in [6.45, 7) is 5.17. The predicted octanol–water partition coefficient (Wildman–Crippen LogP) is 1.56. The molecule has 2 unspecified atom stereocenters. The molecule has 9 nitrogen and oxygen atoms in total. The number of aliphatic hydroxyl groups excluding tert-OH is 1. The number of hydrogen-bond donors (Lipinski definition) is 2. The Labute approximate surface area is 171 Å². The van der Waals surface area contributed by atoms with Crippen molar-refractivity contribution in [2.45, 2.75) is 57.7 Å². The number of hydrogen-bond acceptors (Lipinski definition) is 7. The fourth-order valence-corrected chi connectivity index (χ4v) is 3.25. The first kappa shape index (κ1) is 22.9. The Kier molecular flexibility index (Phi) is 9.14. The molecule has 0 aromatic heterocycles. The van der Waals surface area contributed by atoms with Crippen LogP contribution < -0.4 is 10.1 Å². The summed E-state index contributed by atoms with van der Waals surface area (Å²) in [5.41, 5.74) is 0.837. The van der Waals surface area contributed by atoms with Crippen molar-refractivity contribution < 1.29 is 24.6 Å². The van der Waals surface area contributed by atoms with E-state index in [0.717, 1.165) is 18.4 Å². The quantitative estimate of drug-likeness (QED) is 0.421. The van der Waals surface area contributed by atoms with E-state index in [4.69, 9.17) is 4.74 Å². The Balaban J connectivity index is 1.83. The maximum absolute atomic E-state index is 12.7. The molecule has 1 aromatic rings. The van der Waals surface area contributed by atoms with Crippen LogP contribution in [-0.4, -0.2) is 65.5 Å². The van der Waals surface area contributed by atoms with Gasteiger partial charge in [-0.15, -0.1) is 10.1 Å². The van der Waals surface area contributed by atoms with Crippen LogP contribution in [0.1, 0.15) is 38.7 Å². The van der Waals surface area contributed by atoms with Gasteiger partial charge in [0, 0.05) is 19.1 Å². The molecule has 1 saturated heterocycles. The molecule has 1 aromatic carbocycles. The number of nitrogens with one attached hydrogen (secondary N) is 1. The molecule has 0 aliphatic carbocycles. The lowest BCUT2D eigenvalue weighted by Crippen LogP contribution is -2.47. The van der Waals surface area contributed by atoms with E-state index in [-0.39, 0.29) is 31.6 Å². The average Bonchev–Trinajstić information content (AvgIpc) is 2.70. The first-order chi connectivity index (χ1) is 13.8. The van der Waals surface area contributed by atoms with Crippen molar-refractivity contribution in [1.82, 2.24) is 10.2 Å². The van der Waals surface area contributed by atoms with Crippen molar-refractivity contribution in [2.24, 2.45) is 0 Å². The van der Waals surface area contributed by atoms with Gasteiger partial charge in [-0.1, -0.05) is 26.0 Å². The SMILES string of the molecule is CC(C)NCC(O)COc1ccc(CC(=O)N2CCCCC2CO[N+](=O)[O-])cc1. The van der Waals surface area contributed by atoms with Gasteiger partial charge in [0.05, 0.1) is 12.5 Å². The largest absolute Gasteiger partial charge is 0.491 e. The number of benzene rings is 1. The maximum Gasteiger partial charge on any atom is 0.294 e. The number of carbonyl (C=O) groups excluding carboxylic acids is 1. The second-order valence-corrected chi connectivity index (χ2v) is 7.60. The van der Waals surface area contributed by atoms with Gasteiger partial charge in [-0.2, -0.15) is 0 Å². The van der Waals surface area contributed by atoms with Gasteiger partial charge < -0.3 is 24.9 Å². The van der Waals surface area contributed by atoms with Gasteiger partial charge >= 0.3 is 0 Å². The monoisotopic (exact) mass is 409 g/mol. The summed E-state index contributed by atoms with van der Waals surface area (Å²) < 4.78 is 5.58. The predicted molar refractivity (Wildman–Crippen MR) is 107 cm³/mol. The fraction of sp³-hybridized carbons (Fsp3) is 0.650. The molecule has 1 heterocycles. The first-order valence-electron chi connectivity index (χ1n) is 10.0. The Morgan fingerprint density at radius 1 is 1.34 bits per heavy atom. The van der Waals surface area contributed by atoms with E-state index < -0.39 is 11.2 Å². The summed E-state index contributed by atoms with van der Waals surface area (Å²) in [5.74, 6) is 0.561. The number of aliphatic hydroxyl groups is 1. The Hall–Kier alpha value is -2.39. The Morgan fingerprint density at radius 2 is 2.07 bits per heavy atom. The molecule has 9 heteroatoms. The standard InChI is InChI=1S/C20H31N3O6/c1-15(2)21-12-18(24)14-28-19-8-6-16(7-9-19)11-20(25)22-10-4-3-5-17(22)13-29-23(26)27/h6-9,15,17-18,21,24H,3-5,10-14H2,1-2H3. The fourth-order valence-electron chi connectivity index (χ4n) is 3.25. The molecule has 0 saturated carbocycles. The normalized spacial score (nSPS) is 17.8. The second kappa shape index (κ2) is 11.6. The highest BCUT2D eigenvalue weighted by molar-refractivity contribution is 5.79. The van der Waals surface area contributed by atoms with Crippen molar-refractivity contribution in [3.8, 4) is 5.75 Å². The highest BCUT2D eigenvalue weighted by atomic mass is 16.9. The third kappa shape index (κ3) is 8.25. The van der Waals surface area contributed by atoms with Gasteiger partial charge in [-0.05, 0) is 37.0 Å². The van der Waals surface area contributed by atoms with Gasteiger partial charge in [-0.3, -0.25) is 4.79 Å². The van der Waals surface area contributed by atoms with Crippen LogP contribution in [0.5, 0.6) is 5.75 Å². The molecule has 162 valence electrons. The molecule has 0 spiro atoms. The minimum atomic E-state index is -0.814. The van der Waals surface area contributed by atoms with Crippen LogP contribution in [-0.2, 0) is 16.1 Å². The molecule has 29 heavy (non-hydrogen) atoms. The van der Waals surface area contributed by atoms with Crippen LogP contribution in [0.4, 0.5) is 0 Å². The Morgan fingerprint density at radius 3 is 2.72 bits per heavy atom. The zero-order chi connectivity index (χ0) is 21.2. The first-order valence-corrected chi connectivity index (χ1v) is 10.0. The summed E-state index contributed by atoms with van der Waals surface area (Å²) in [7, 11) is 0. The van der Waals surface area contributed by atoms with Crippen LogP contribution in [0.15, 0.2) is 24.3 Å². The molecular formula is C20H31N3O6.